The third kappa shape index (κ3) is 7.96. The summed E-state index contributed by atoms with van der Waals surface area (Å²) in [6.07, 6.45) is 0. The van der Waals surface area contributed by atoms with E-state index in [-0.39, 0.29) is 30.0 Å². The van der Waals surface area contributed by atoms with Crippen LogP contribution in [-0.4, -0.2) is 39.9 Å². The van der Waals surface area contributed by atoms with Gasteiger partial charge in [-0.15, -0.1) is 24.0 Å². The summed E-state index contributed by atoms with van der Waals surface area (Å²) >= 11 is 0. The van der Waals surface area contributed by atoms with Gasteiger partial charge in [-0.05, 0) is 63.1 Å². The Morgan fingerprint density at radius 2 is 1.53 bits per heavy atom. The molecule has 0 spiro atoms. The van der Waals surface area contributed by atoms with Crippen LogP contribution in [0.25, 0.3) is 0 Å². The normalized spacial score (nSPS) is 11.8. The van der Waals surface area contributed by atoms with Crippen molar-refractivity contribution in [1.29, 1.82) is 0 Å². The van der Waals surface area contributed by atoms with Crippen LogP contribution in [0.5, 0.6) is 23.0 Å². The van der Waals surface area contributed by atoms with Crippen molar-refractivity contribution in [2.75, 3.05) is 34.0 Å². The minimum atomic E-state index is 0. The van der Waals surface area contributed by atoms with Crippen molar-refractivity contribution in [2.24, 2.45) is 4.99 Å². The number of aliphatic imine (C=N–C) groups is 1. The fraction of sp³-hybridized carbons (Fsp3) is 0.458. The Morgan fingerprint density at radius 1 is 0.875 bits per heavy atom. The van der Waals surface area contributed by atoms with Crippen molar-refractivity contribution in [3.63, 3.8) is 0 Å². The summed E-state index contributed by atoms with van der Waals surface area (Å²) in [7, 11) is 3.26. The molecule has 0 saturated heterocycles. The number of hydrogen-bond donors (Lipinski definition) is 2. The highest BCUT2D eigenvalue weighted by Gasteiger charge is 2.13. The lowest BCUT2D eigenvalue weighted by Gasteiger charge is -2.20. The van der Waals surface area contributed by atoms with E-state index in [1.807, 2.05) is 57.2 Å². The van der Waals surface area contributed by atoms with Gasteiger partial charge in [0.1, 0.15) is 0 Å². The predicted molar refractivity (Wildman–Crippen MR) is 140 cm³/mol. The molecule has 0 saturated carbocycles. The van der Waals surface area contributed by atoms with Gasteiger partial charge in [-0.2, -0.15) is 0 Å². The number of methoxy groups -OCH3 is 2. The van der Waals surface area contributed by atoms with Crippen LogP contribution in [0.1, 0.15) is 44.9 Å². The maximum Gasteiger partial charge on any atom is 0.192 e. The number of nitrogens with one attached hydrogen (secondary N) is 2. The molecule has 178 valence electrons. The van der Waals surface area contributed by atoms with E-state index in [4.69, 9.17) is 23.9 Å². The first-order chi connectivity index (χ1) is 15.1. The maximum absolute atomic E-state index is 5.76. The fourth-order valence-corrected chi connectivity index (χ4v) is 3.09. The van der Waals surface area contributed by atoms with Crippen LogP contribution in [0.4, 0.5) is 0 Å². The first kappa shape index (κ1) is 27.7. The minimum Gasteiger partial charge on any atom is -0.493 e. The van der Waals surface area contributed by atoms with Gasteiger partial charge in [0.25, 0.3) is 0 Å². The average molecular weight is 557 g/mol. The average Bonchev–Trinajstić information content (AvgIpc) is 2.78. The summed E-state index contributed by atoms with van der Waals surface area (Å²) in [6, 6.07) is 11.9. The molecule has 0 heterocycles. The number of ether oxygens (including phenoxy) is 4. The standard InChI is InChI=1S/C24H35N3O4.HI/c1-7-25-24(26-16-18-10-12-20(28-5)22(14-18)29-6)27-17(4)19-11-13-21(30-8-2)23(15-19)31-9-3;/h10-15,17H,7-9,16H2,1-6H3,(H2,25,26,27);1H. The third-order valence-corrected chi connectivity index (χ3v) is 4.63. The molecule has 0 radical (unpaired) electrons. The lowest BCUT2D eigenvalue weighted by molar-refractivity contribution is 0.287. The van der Waals surface area contributed by atoms with E-state index in [0.29, 0.717) is 31.3 Å². The molecule has 32 heavy (non-hydrogen) atoms. The van der Waals surface area contributed by atoms with Crippen LogP contribution < -0.4 is 29.6 Å². The number of benzene rings is 2. The number of guanidine groups is 1. The van der Waals surface area contributed by atoms with Crippen LogP contribution in [0, 0.1) is 0 Å². The first-order valence-electron chi connectivity index (χ1n) is 10.7. The zero-order valence-corrected chi connectivity index (χ0v) is 22.2. The molecule has 0 aromatic heterocycles. The molecule has 8 heteroatoms. The monoisotopic (exact) mass is 557 g/mol. The highest BCUT2D eigenvalue weighted by Crippen LogP contribution is 2.31. The fourth-order valence-electron chi connectivity index (χ4n) is 3.09. The molecule has 2 rings (SSSR count). The van der Waals surface area contributed by atoms with Crippen molar-refractivity contribution >= 4 is 29.9 Å². The number of hydrogen-bond acceptors (Lipinski definition) is 5. The number of nitrogens with zero attached hydrogens (tertiary/aromatic N) is 1. The SMILES string of the molecule is CCNC(=NCc1ccc(OC)c(OC)c1)NC(C)c1ccc(OCC)c(OCC)c1.I. The zero-order valence-electron chi connectivity index (χ0n) is 19.9. The molecule has 1 unspecified atom stereocenters. The minimum absolute atomic E-state index is 0. The highest BCUT2D eigenvalue weighted by molar-refractivity contribution is 14.0. The number of halogens is 1. The van der Waals surface area contributed by atoms with Gasteiger partial charge in [0.15, 0.2) is 29.0 Å². The Labute approximate surface area is 208 Å². The summed E-state index contributed by atoms with van der Waals surface area (Å²) in [4.78, 5) is 4.73. The van der Waals surface area contributed by atoms with Crippen LogP contribution >= 0.6 is 24.0 Å². The zero-order chi connectivity index (χ0) is 22.6. The van der Waals surface area contributed by atoms with Crippen LogP contribution in [-0.2, 0) is 6.54 Å². The van der Waals surface area contributed by atoms with Gasteiger partial charge in [0, 0.05) is 6.54 Å². The lowest BCUT2D eigenvalue weighted by atomic mass is 10.1. The lowest BCUT2D eigenvalue weighted by Crippen LogP contribution is -2.38. The largest absolute Gasteiger partial charge is 0.493 e. The molecule has 2 aromatic rings. The molecular weight excluding hydrogens is 521 g/mol. The molecule has 0 aliphatic rings. The second-order valence-electron chi connectivity index (χ2n) is 6.82. The summed E-state index contributed by atoms with van der Waals surface area (Å²) in [5.74, 6) is 3.64. The van der Waals surface area contributed by atoms with Crippen molar-refractivity contribution in [3.05, 3.63) is 47.5 Å². The molecule has 0 fully saturated rings. The molecule has 7 nitrogen and oxygen atoms in total. The molecule has 1 atom stereocenters. The van der Waals surface area contributed by atoms with Crippen LogP contribution in [0.2, 0.25) is 0 Å². The van der Waals surface area contributed by atoms with Gasteiger partial charge in [-0.3, -0.25) is 0 Å². The van der Waals surface area contributed by atoms with Crippen molar-refractivity contribution in [3.8, 4) is 23.0 Å². The molecule has 0 aliphatic heterocycles. The Hall–Kier alpha value is -2.36. The quantitative estimate of drug-likeness (QED) is 0.232. The summed E-state index contributed by atoms with van der Waals surface area (Å²) in [5, 5.41) is 6.77. The second kappa shape index (κ2) is 14.7. The highest BCUT2D eigenvalue weighted by atomic mass is 127. The topological polar surface area (TPSA) is 73.3 Å². The van der Waals surface area contributed by atoms with E-state index in [0.717, 1.165) is 35.1 Å². The summed E-state index contributed by atoms with van der Waals surface area (Å²) in [5.41, 5.74) is 2.12. The Kier molecular flexibility index (Phi) is 12.7. The molecule has 0 aliphatic carbocycles. The van der Waals surface area contributed by atoms with E-state index < -0.39 is 0 Å². The van der Waals surface area contributed by atoms with Gasteiger partial charge in [-0.1, -0.05) is 12.1 Å². The van der Waals surface area contributed by atoms with Crippen molar-refractivity contribution < 1.29 is 18.9 Å². The van der Waals surface area contributed by atoms with E-state index >= 15 is 0 Å². The maximum atomic E-state index is 5.76. The van der Waals surface area contributed by atoms with Gasteiger partial charge in [0.05, 0.1) is 40.0 Å². The molecule has 2 N–H and O–H groups in total. The Balaban J connectivity index is 0.00000512. The van der Waals surface area contributed by atoms with Gasteiger partial charge < -0.3 is 29.6 Å². The summed E-state index contributed by atoms with van der Waals surface area (Å²) in [6.45, 7) is 10.5. The number of rotatable bonds is 11. The third-order valence-electron chi connectivity index (χ3n) is 4.63. The summed E-state index contributed by atoms with van der Waals surface area (Å²) < 4.78 is 22.1. The van der Waals surface area contributed by atoms with Crippen molar-refractivity contribution in [1.82, 2.24) is 10.6 Å². The first-order valence-corrected chi connectivity index (χ1v) is 10.7. The molecule has 0 bridgehead atoms. The predicted octanol–water partition coefficient (Wildman–Crippen LogP) is 4.94. The molecular formula is C24H36IN3O4. The van der Waals surface area contributed by atoms with Gasteiger partial charge in [0.2, 0.25) is 0 Å². The smallest absolute Gasteiger partial charge is 0.192 e. The molecule has 2 aromatic carbocycles. The van der Waals surface area contributed by atoms with E-state index in [1.165, 1.54) is 0 Å². The Morgan fingerprint density at radius 3 is 2.16 bits per heavy atom. The van der Waals surface area contributed by atoms with E-state index in [9.17, 15) is 0 Å². The van der Waals surface area contributed by atoms with E-state index in [2.05, 4.69) is 17.6 Å². The van der Waals surface area contributed by atoms with Gasteiger partial charge >= 0.3 is 0 Å². The van der Waals surface area contributed by atoms with Crippen molar-refractivity contribution in [2.45, 2.75) is 40.3 Å². The molecule has 0 amide bonds. The van der Waals surface area contributed by atoms with Crippen LogP contribution in [0.15, 0.2) is 41.4 Å². The van der Waals surface area contributed by atoms with E-state index in [1.54, 1.807) is 14.2 Å². The van der Waals surface area contributed by atoms with Gasteiger partial charge in [-0.25, -0.2) is 4.99 Å². The van der Waals surface area contributed by atoms with Crippen LogP contribution in [0.3, 0.4) is 0 Å². The Bertz CT molecular complexity index is 861. The second-order valence-corrected chi connectivity index (χ2v) is 6.82.